The highest BCUT2D eigenvalue weighted by molar-refractivity contribution is 7.71. The Morgan fingerprint density at radius 2 is 2.33 bits per heavy atom. The minimum absolute atomic E-state index is 0.224. The van der Waals surface area contributed by atoms with Crippen molar-refractivity contribution >= 4 is 23.9 Å². The van der Waals surface area contributed by atoms with Crippen molar-refractivity contribution in [3.8, 4) is 0 Å². The van der Waals surface area contributed by atoms with Crippen LogP contribution in [0.3, 0.4) is 0 Å². The lowest BCUT2D eigenvalue weighted by molar-refractivity contribution is 0.627. The minimum Gasteiger partial charge on any atom is -0.310 e. The predicted octanol–water partition coefficient (Wildman–Crippen LogP) is 2.79. The number of benzene rings is 1. The lowest BCUT2D eigenvalue weighted by Gasteiger charge is -2.18. The number of anilines is 2. The minimum atomic E-state index is -0.224. The van der Waals surface area contributed by atoms with Crippen molar-refractivity contribution in [2.75, 3.05) is 11.4 Å². The highest BCUT2D eigenvalue weighted by Crippen LogP contribution is 2.33. The van der Waals surface area contributed by atoms with Gasteiger partial charge in [0.05, 0.1) is 0 Å². The molecule has 1 aliphatic heterocycles. The molecular formula is C12H13FN4S. The Kier molecular flexibility index (Phi) is 2.66. The van der Waals surface area contributed by atoms with Crippen LogP contribution in [-0.4, -0.2) is 21.3 Å². The average Bonchev–Trinajstić information content (AvgIpc) is 2.91. The van der Waals surface area contributed by atoms with E-state index in [0.29, 0.717) is 4.77 Å². The fourth-order valence-corrected chi connectivity index (χ4v) is 2.62. The maximum absolute atomic E-state index is 13.4. The van der Waals surface area contributed by atoms with E-state index in [0.717, 1.165) is 36.7 Å². The smallest absolute Gasteiger partial charge is 0.230 e. The molecule has 6 heteroatoms. The molecule has 0 saturated heterocycles. The fraction of sp³-hybridized carbons (Fsp3) is 0.333. The number of hydrogen-bond donors (Lipinski definition) is 1. The molecular weight excluding hydrogens is 251 g/mol. The zero-order valence-electron chi connectivity index (χ0n) is 9.98. The molecule has 0 saturated carbocycles. The normalized spacial score (nSPS) is 14.0. The Balaban J connectivity index is 2.11. The van der Waals surface area contributed by atoms with E-state index in [1.54, 1.807) is 6.07 Å². The summed E-state index contributed by atoms with van der Waals surface area (Å²) >= 11 is 5.18. The van der Waals surface area contributed by atoms with Gasteiger partial charge < -0.3 is 4.90 Å². The highest BCUT2D eigenvalue weighted by atomic mass is 32.1. The van der Waals surface area contributed by atoms with Gasteiger partial charge in [-0.15, -0.1) is 5.10 Å². The van der Waals surface area contributed by atoms with Crippen molar-refractivity contribution in [2.24, 2.45) is 0 Å². The molecule has 0 radical (unpaired) electrons. The maximum atomic E-state index is 13.4. The third-order valence-corrected chi connectivity index (χ3v) is 3.55. The summed E-state index contributed by atoms with van der Waals surface area (Å²) in [6, 6.07) is 4.89. The number of aromatic nitrogens is 3. The topological polar surface area (TPSA) is 36.9 Å². The Morgan fingerprint density at radius 3 is 3.11 bits per heavy atom. The van der Waals surface area contributed by atoms with Crippen molar-refractivity contribution in [1.29, 1.82) is 0 Å². The summed E-state index contributed by atoms with van der Waals surface area (Å²) in [6.07, 6.45) is 0.902. The molecule has 0 amide bonds. The first kappa shape index (κ1) is 11.4. The van der Waals surface area contributed by atoms with Crippen LogP contribution in [0.15, 0.2) is 18.2 Å². The quantitative estimate of drug-likeness (QED) is 0.847. The van der Waals surface area contributed by atoms with Gasteiger partial charge in [-0.05, 0) is 43.3 Å². The van der Waals surface area contributed by atoms with Crippen LogP contribution in [0.25, 0.3) is 0 Å². The van der Waals surface area contributed by atoms with Crippen molar-refractivity contribution in [3.05, 3.63) is 34.4 Å². The molecule has 0 aliphatic carbocycles. The fourth-order valence-electron chi connectivity index (χ4n) is 2.36. The van der Waals surface area contributed by atoms with Crippen molar-refractivity contribution in [2.45, 2.75) is 19.9 Å². The molecule has 0 unspecified atom stereocenters. The van der Waals surface area contributed by atoms with Gasteiger partial charge in [0.15, 0.2) is 4.77 Å². The van der Waals surface area contributed by atoms with Gasteiger partial charge in [-0.25, -0.2) is 9.49 Å². The van der Waals surface area contributed by atoms with Gasteiger partial charge in [0, 0.05) is 18.8 Å². The summed E-state index contributed by atoms with van der Waals surface area (Å²) in [4.78, 5) is 2.01. The van der Waals surface area contributed by atoms with E-state index in [2.05, 4.69) is 10.2 Å². The lowest BCUT2D eigenvalue weighted by atomic mass is 10.2. The molecule has 2 heterocycles. The monoisotopic (exact) mass is 264 g/mol. The van der Waals surface area contributed by atoms with Gasteiger partial charge in [0.25, 0.3) is 0 Å². The van der Waals surface area contributed by atoms with Gasteiger partial charge in [0.1, 0.15) is 5.82 Å². The van der Waals surface area contributed by atoms with E-state index in [9.17, 15) is 4.39 Å². The zero-order chi connectivity index (χ0) is 12.7. The van der Waals surface area contributed by atoms with Gasteiger partial charge in [0.2, 0.25) is 5.95 Å². The molecule has 94 valence electrons. The van der Waals surface area contributed by atoms with Gasteiger partial charge >= 0.3 is 0 Å². The van der Waals surface area contributed by atoms with Crippen LogP contribution < -0.4 is 4.90 Å². The van der Waals surface area contributed by atoms with E-state index >= 15 is 0 Å². The highest BCUT2D eigenvalue weighted by Gasteiger charge is 2.24. The largest absolute Gasteiger partial charge is 0.310 e. The third-order valence-electron chi connectivity index (χ3n) is 3.24. The van der Waals surface area contributed by atoms with Crippen molar-refractivity contribution < 1.29 is 4.39 Å². The van der Waals surface area contributed by atoms with Crippen LogP contribution in [0.2, 0.25) is 0 Å². The van der Waals surface area contributed by atoms with Crippen molar-refractivity contribution in [3.63, 3.8) is 0 Å². The molecule has 18 heavy (non-hydrogen) atoms. The zero-order valence-corrected chi connectivity index (χ0v) is 10.8. The summed E-state index contributed by atoms with van der Waals surface area (Å²) in [5.74, 6) is 0.532. The number of rotatable bonds is 2. The maximum Gasteiger partial charge on any atom is 0.230 e. The second-order valence-corrected chi connectivity index (χ2v) is 4.63. The Morgan fingerprint density at radius 1 is 1.50 bits per heavy atom. The second kappa shape index (κ2) is 4.20. The SMILES string of the molecule is CCn1c(N2CCc3ccc(F)cc32)n[nH]c1=S. The van der Waals surface area contributed by atoms with E-state index in [1.807, 2.05) is 22.5 Å². The summed E-state index contributed by atoms with van der Waals surface area (Å²) in [6.45, 7) is 3.56. The molecule has 0 bridgehead atoms. The van der Waals surface area contributed by atoms with Crippen LogP contribution >= 0.6 is 12.2 Å². The van der Waals surface area contributed by atoms with Gasteiger partial charge in [-0.1, -0.05) is 6.07 Å². The number of halogens is 1. The molecule has 1 aromatic carbocycles. The summed E-state index contributed by atoms with van der Waals surface area (Å²) in [5, 5.41) is 7.04. The van der Waals surface area contributed by atoms with E-state index in [-0.39, 0.29) is 5.82 Å². The average molecular weight is 264 g/mol. The Hall–Kier alpha value is -1.69. The van der Waals surface area contributed by atoms with Crippen molar-refractivity contribution in [1.82, 2.24) is 14.8 Å². The molecule has 1 aromatic heterocycles. The molecule has 0 spiro atoms. The molecule has 3 rings (SSSR count). The Labute approximate surface area is 109 Å². The summed E-state index contributed by atoms with van der Waals surface area (Å²) < 4.78 is 15.9. The first-order valence-corrected chi connectivity index (χ1v) is 6.32. The van der Waals surface area contributed by atoms with Crippen LogP contribution in [0.5, 0.6) is 0 Å². The van der Waals surface area contributed by atoms with Crippen LogP contribution in [0.4, 0.5) is 16.0 Å². The number of nitrogens with one attached hydrogen (secondary N) is 1. The van der Waals surface area contributed by atoms with E-state index < -0.39 is 0 Å². The molecule has 0 atom stereocenters. The number of aromatic amines is 1. The molecule has 1 N–H and O–H groups in total. The van der Waals surface area contributed by atoms with Crippen LogP contribution in [0.1, 0.15) is 12.5 Å². The lowest BCUT2D eigenvalue weighted by Crippen LogP contribution is -2.18. The molecule has 4 nitrogen and oxygen atoms in total. The first-order chi connectivity index (χ1) is 8.70. The van der Waals surface area contributed by atoms with E-state index in [1.165, 1.54) is 6.07 Å². The van der Waals surface area contributed by atoms with Gasteiger partial charge in [-0.3, -0.25) is 4.57 Å². The number of hydrogen-bond acceptors (Lipinski definition) is 3. The van der Waals surface area contributed by atoms with Gasteiger partial charge in [-0.2, -0.15) is 0 Å². The van der Waals surface area contributed by atoms with Crippen LogP contribution in [-0.2, 0) is 13.0 Å². The molecule has 2 aromatic rings. The Bertz CT molecular complexity index is 646. The standard InChI is InChI=1S/C12H13FN4S/c1-2-16-11(14-15-12(16)18)17-6-5-8-3-4-9(13)7-10(8)17/h3-4,7H,2,5-6H2,1H3,(H,15,18). The third kappa shape index (κ3) is 1.64. The summed E-state index contributed by atoms with van der Waals surface area (Å²) in [5.41, 5.74) is 2.03. The number of nitrogens with zero attached hydrogens (tertiary/aromatic N) is 3. The van der Waals surface area contributed by atoms with Crippen LogP contribution in [0, 0.1) is 10.6 Å². The molecule has 0 fully saturated rings. The first-order valence-electron chi connectivity index (χ1n) is 5.92. The molecule has 1 aliphatic rings. The second-order valence-electron chi connectivity index (χ2n) is 4.25. The number of H-pyrrole nitrogens is 1. The summed E-state index contributed by atoms with van der Waals surface area (Å²) in [7, 11) is 0. The predicted molar refractivity (Wildman–Crippen MR) is 70.2 cm³/mol. The van der Waals surface area contributed by atoms with E-state index in [4.69, 9.17) is 12.2 Å². The number of fused-ring (bicyclic) bond motifs is 1.